The summed E-state index contributed by atoms with van der Waals surface area (Å²) in [6.07, 6.45) is 2.26. The molecule has 0 saturated carbocycles. The van der Waals surface area contributed by atoms with E-state index < -0.39 is 5.56 Å². The molecule has 3 rings (SSSR count). The predicted molar refractivity (Wildman–Crippen MR) is 105 cm³/mol. The lowest BCUT2D eigenvalue weighted by Gasteiger charge is -2.19. The highest BCUT2D eigenvalue weighted by Crippen LogP contribution is 2.27. The topological polar surface area (TPSA) is 109 Å². The smallest absolute Gasteiger partial charge is 0.315 e. The van der Waals surface area contributed by atoms with E-state index in [9.17, 15) is 9.59 Å². The maximum atomic E-state index is 12.2. The maximum Gasteiger partial charge on any atom is 0.315 e. The number of halogens is 1. The van der Waals surface area contributed by atoms with Gasteiger partial charge in [-0.2, -0.15) is 5.10 Å². The molecule has 150 valence electrons. The molecule has 9 nitrogen and oxygen atoms in total. The Balaban J connectivity index is 1.52. The van der Waals surface area contributed by atoms with Gasteiger partial charge in [0.1, 0.15) is 5.02 Å². The SMILES string of the molecule is COc1ccc(CNC(=O)N[C@@H]2CCN(c3cn[nH]c(=O)c3Cl)C2)cc1OC. The fraction of sp³-hybridized carbons (Fsp3) is 0.389. The van der Waals surface area contributed by atoms with Crippen LogP contribution in [-0.4, -0.2) is 49.6 Å². The average molecular weight is 408 g/mol. The van der Waals surface area contributed by atoms with Gasteiger partial charge in [0.05, 0.1) is 26.1 Å². The number of carbonyl (C=O) groups excluding carboxylic acids is 1. The van der Waals surface area contributed by atoms with Crippen molar-refractivity contribution in [1.82, 2.24) is 20.8 Å². The summed E-state index contributed by atoms with van der Waals surface area (Å²) in [5, 5.41) is 11.9. The number of rotatable bonds is 6. The van der Waals surface area contributed by atoms with Crippen LogP contribution in [0.4, 0.5) is 10.5 Å². The summed E-state index contributed by atoms with van der Waals surface area (Å²) < 4.78 is 10.5. The van der Waals surface area contributed by atoms with Crippen LogP contribution in [0.2, 0.25) is 5.02 Å². The Labute approximate surface area is 167 Å². The zero-order valence-electron chi connectivity index (χ0n) is 15.6. The number of aromatic amines is 1. The van der Waals surface area contributed by atoms with Gasteiger partial charge in [-0.15, -0.1) is 0 Å². The van der Waals surface area contributed by atoms with E-state index in [1.807, 2.05) is 17.0 Å². The molecule has 1 aliphatic heterocycles. The van der Waals surface area contributed by atoms with E-state index in [0.29, 0.717) is 36.8 Å². The van der Waals surface area contributed by atoms with Crippen molar-refractivity contribution in [3.8, 4) is 11.5 Å². The maximum absolute atomic E-state index is 12.2. The van der Waals surface area contributed by atoms with Gasteiger partial charge in [-0.3, -0.25) is 4.79 Å². The van der Waals surface area contributed by atoms with Crippen LogP contribution in [0.5, 0.6) is 11.5 Å². The first-order chi connectivity index (χ1) is 13.5. The summed E-state index contributed by atoms with van der Waals surface area (Å²) in [6.45, 7) is 1.58. The lowest BCUT2D eigenvalue weighted by Crippen LogP contribution is -2.43. The molecule has 2 amide bonds. The van der Waals surface area contributed by atoms with E-state index in [0.717, 1.165) is 12.0 Å². The highest BCUT2D eigenvalue weighted by atomic mass is 35.5. The molecule has 1 atom stereocenters. The molecular formula is C18H22ClN5O4. The zero-order chi connectivity index (χ0) is 20.1. The largest absolute Gasteiger partial charge is 0.493 e. The second kappa shape index (κ2) is 8.83. The quantitative estimate of drug-likeness (QED) is 0.670. The van der Waals surface area contributed by atoms with E-state index in [1.54, 1.807) is 20.3 Å². The number of benzene rings is 1. The lowest BCUT2D eigenvalue weighted by atomic mass is 10.2. The van der Waals surface area contributed by atoms with Crippen LogP contribution < -0.4 is 30.6 Å². The van der Waals surface area contributed by atoms with Crippen LogP contribution in [0.3, 0.4) is 0 Å². The van der Waals surface area contributed by atoms with E-state index in [-0.39, 0.29) is 17.1 Å². The van der Waals surface area contributed by atoms with Crippen molar-refractivity contribution in [3.63, 3.8) is 0 Å². The summed E-state index contributed by atoms with van der Waals surface area (Å²) in [7, 11) is 3.14. The number of ether oxygens (including phenoxy) is 2. The van der Waals surface area contributed by atoms with E-state index in [1.165, 1.54) is 6.20 Å². The van der Waals surface area contributed by atoms with Crippen molar-refractivity contribution in [2.24, 2.45) is 0 Å². The van der Waals surface area contributed by atoms with Gasteiger partial charge in [0.25, 0.3) is 5.56 Å². The van der Waals surface area contributed by atoms with Crippen molar-refractivity contribution in [2.75, 3.05) is 32.2 Å². The van der Waals surface area contributed by atoms with Gasteiger partial charge in [0.2, 0.25) is 0 Å². The molecule has 0 unspecified atom stereocenters. The number of hydrogen-bond acceptors (Lipinski definition) is 6. The Bertz CT molecular complexity index is 904. The standard InChI is InChI=1S/C18H22ClN5O4/c1-27-14-4-3-11(7-15(14)28-2)8-20-18(26)22-12-5-6-24(10-12)13-9-21-23-17(25)16(13)19/h3-4,7,9,12H,5-6,8,10H2,1-2H3,(H,23,25)(H2,20,22,26)/t12-/m1/s1. The van der Waals surface area contributed by atoms with Gasteiger partial charge in [-0.1, -0.05) is 17.7 Å². The van der Waals surface area contributed by atoms with Gasteiger partial charge in [-0.25, -0.2) is 9.89 Å². The highest BCUT2D eigenvalue weighted by Gasteiger charge is 2.26. The number of nitrogens with one attached hydrogen (secondary N) is 3. The summed E-state index contributed by atoms with van der Waals surface area (Å²) in [5.41, 5.74) is 1.03. The van der Waals surface area contributed by atoms with Crippen molar-refractivity contribution in [3.05, 3.63) is 45.3 Å². The van der Waals surface area contributed by atoms with Gasteiger partial charge in [0.15, 0.2) is 11.5 Å². The number of carbonyl (C=O) groups is 1. The van der Waals surface area contributed by atoms with Crippen LogP contribution in [0.25, 0.3) is 0 Å². The van der Waals surface area contributed by atoms with Gasteiger partial charge < -0.3 is 25.0 Å². The Morgan fingerprint density at radius 1 is 1.36 bits per heavy atom. The Hall–Kier alpha value is -2.94. The number of H-pyrrole nitrogens is 1. The third-order valence-corrected chi connectivity index (χ3v) is 4.91. The van der Waals surface area contributed by atoms with Crippen molar-refractivity contribution < 1.29 is 14.3 Å². The fourth-order valence-corrected chi connectivity index (χ4v) is 3.31. The van der Waals surface area contributed by atoms with E-state index in [4.69, 9.17) is 21.1 Å². The molecule has 1 saturated heterocycles. The van der Waals surface area contributed by atoms with E-state index >= 15 is 0 Å². The Morgan fingerprint density at radius 2 is 2.14 bits per heavy atom. The Morgan fingerprint density at radius 3 is 2.89 bits per heavy atom. The number of anilines is 1. The van der Waals surface area contributed by atoms with Crippen molar-refractivity contribution >= 4 is 23.3 Å². The molecule has 0 bridgehead atoms. The summed E-state index contributed by atoms with van der Waals surface area (Å²) >= 11 is 6.05. The molecule has 0 radical (unpaired) electrons. The molecule has 2 heterocycles. The van der Waals surface area contributed by atoms with Crippen LogP contribution in [-0.2, 0) is 6.54 Å². The summed E-state index contributed by atoms with van der Waals surface area (Å²) in [4.78, 5) is 25.7. The second-order valence-electron chi connectivity index (χ2n) is 6.35. The highest BCUT2D eigenvalue weighted by molar-refractivity contribution is 6.33. The molecule has 0 spiro atoms. The van der Waals surface area contributed by atoms with Crippen LogP contribution in [0.1, 0.15) is 12.0 Å². The Kier molecular flexibility index (Phi) is 6.25. The third-order valence-electron chi connectivity index (χ3n) is 4.54. The summed E-state index contributed by atoms with van der Waals surface area (Å²) in [5.74, 6) is 1.24. The lowest BCUT2D eigenvalue weighted by molar-refractivity contribution is 0.237. The number of aromatic nitrogens is 2. The fourth-order valence-electron chi connectivity index (χ4n) is 3.10. The first-order valence-electron chi connectivity index (χ1n) is 8.75. The normalized spacial score (nSPS) is 16.0. The van der Waals surface area contributed by atoms with Crippen molar-refractivity contribution in [2.45, 2.75) is 19.0 Å². The first-order valence-corrected chi connectivity index (χ1v) is 9.13. The molecular weight excluding hydrogens is 386 g/mol. The molecule has 28 heavy (non-hydrogen) atoms. The first kappa shape index (κ1) is 19.8. The minimum absolute atomic E-state index is 0.0549. The minimum atomic E-state index is -0.428. The van der Waals surface area contributed by atoms with Gasteiger partial charge in [-0.05, 0) is 24.1 Å². The number of amides is 2. The van der Waals surface area contributed by atoms with Crippen LogP contribution in [0, 0.1) is 0 Å². The van der Waals surface area contributed by atoms with Crippen LogP contribution >= 0.6 is 11.6 Å². The number of urea groups is 1. The zero-order valence-corrected chi connectivity index (χ0v) is 16.4. The van der Waals surface area contributed by atoms with E-state index in [2.05, 4.69) is 20.8 Å². The third kappa shape index (κ3) is 4.48. The second-order valence-corrected chi connectivity index (χ2v) is 6.72. The van der Waals surface area contributed by atoms with Gasteiger partial charge in [0, 0.05) is 25.7 Å². The van der Waals surface area contributed by atoms with Crippen molar-refractivity contribution in [1.29, 1.82) is 0 Å². The number of hydrogen-bond donors (Lipinski definition) is 3. The molecule has 1 aromatic heterocycles. The molecule has 2 aromatic rings. The number of nitrogens with zero attached hydrogens (tertiary/aromatic N) is 2. The number of methoxy groups -OCH3 is 2. The molecule has 1 fully saturated rings. The molecule has 1 aliphatic rings. The predicted octanol–water partition coefficient (Wildman–Crippen LogP) is 1.52. The summed E-state index contributed by atoms with van der Waals surface area (Å²) in [6, 6.07) is 5.15. The monoisotopic (exact) mass is 407 g/mol. The molecule has 3 N–H and O–H groups in total. The molecule has 10 heteroatoms. The van der Waals surface area contributed by atoms with Crippen LogP contribution in [0.15, 0.2) is 29.2 Å². The molecule has 0 aliphatic carbocycles. The van der Waals surface area contributed by atoms with Gasteiger partial charge >= 0.3 is 6.03 Å². The average Bonchev–Trinajstić information content (AvgIpc) is 3.16. The minimum Gasteiger partial charge on any atom is -0.493 e. The molecule has 1 aromatic carbocycles.